The molecule has 2 heterocycles. The van der Waals surface area contributed by atoms with E-state index >= 15 is 0 Å². The molecule has 1 atom stereocenters. The minimum Gasteiger partial charge on any atom is -0.467 e. The molecule has 0 unspecified atom stereocenters. The first-order valence-corrected chi connectivity index (χ1v) is 9.48. The normalized spacial score (nSPS) is 15.0. The summed E-state index contributed by atoms with van der Waals surface area (Å²) in [5.74, 6) is -0.390. The minimum absolute atomic E-state index is 0.266. The van der Waals surface area contributed by atoms with Crippen molar-refractivity contribution in [3.8, 4) is 0 Å². The van der Waals surface area contributed by atoms with Gasteiger partial charge in [-0.05, 0) is 25.1 Å². The van der Waals surface area contributed by atoms with Crippen molar-refractivity contribution in [2.24, 2.45) is 0 Å². The highest BCUT2D eigenvalue weighted by Crippen LogP contribution is 2.18. The first kappa shape index (κ1) is 20.4. The van der Waals surface area contributed by atoms with Gasteiger partial charge in [0.15, 0.2) is 0 Å². The summed E-state index contributed by atoms with van der Waals surface area (Å²) in [6.45, 7) is 4.43. The van der Waals surface area contributed by atoms with E-state index < -0.39 is 17.9 Å². The maximum atomic E-state index is 12.1. The van der Waals surface area contributed by atoms with E-state index in [4.69, 9.17) is 0 Å². The SMILES string of the molecule is COC(=O)[C@@H](C)NC(=O)Cn1nc(N2CCN(c3ccccc3)CC2)ccc1=O. The molecule has 9 heteroatoms. The van der Waals surface area contributed by atoms with Gasteiger partial charge < -0.3 is 19.9 Å². The molecule has 0 aliphatic carbocycles. The zero-order chi connectivity index (χ0) is 20.8. The molecule has 1 aliphatic heterocycles. The summed E-state index contributed by atoms with van der Waals surface area (Å²) in [5.41, 5.74) is 0.805. The monoisotopic (exact) mass is 399 g/mol. The Morgan fingerprint density at radius 2 is 1.72 bits per heavy atom. The van der Waals surface area contributed by atoms with Crippen molar-refractivity contribution in [2.45, 2.75) is 19.5 Å². The first-order valence-electron chi connectivity index (χ1n) is 9.48. The number of piperazine rings is 1. The van der Waals surface area contributed by atoms with E-state index in [-0.39, 0.29) is 12.1 Å². The second-order valence-electron chi connectivity index (χ2n) is 6.81. The van der Waals surface area contributed by atoms with E-state index in [1.165, 1.54) is 25.8 Å². The third kappa shape index (κ3) is 5.13. The number of nitrogens with one attached hydrogen (secondary N) is 1. The third-order valence-electron chi connectivity index (χ3n) is 4.80. The van der Waals surface area contributed by atoms with Crippen molar-refractivity contribution in [1.29, 1.82) is 0 Å². The molecule has 154 valence electrons. The number of ether oxygens (including phenoxy) is 1. The number of aromatic nitrogens is 2. The summed E-state index contributed by atoms with van der Waals surface area (Å²) < 4.78 is 5.69. The average Bonchev–Trinajstić information content (AvgIpc) is 2.75. The van der Waals surface area contributed by atoms with Crippen LogP contribution in [0.5, 0.6) is 0 Å². The molecule has 1 fully saturated rings. The molecule has 0 bridgehead atoms. The van der Waals surface area contributed by atoms with Gasteiger partial charge in [-0.3, -0.25) is 9.59 Å². The molecule has 1 N–H and O–H groups in total. The zero-order valence-corrected chi connectivity index (χ0v) is 16.6. The van der Waals surface area contributed by atoms with Crippen LogP contribution in [0.15, 0.2) is 47.3 Å². The molecule has 29 heavy (non-hydrogen) atoms. The molecular formula is C20H25N5O4. The number of carbonyl (C=O) groups excluding carboxylic acids is 2. The summed E-state index contributed by atoms with van der Waals surface area (Å²) in [5, 5.41) is 6.84. The number of esters is 1. The van der Waals surface area contributed by atoms with Crippen LogP contribution in [0.2, 0.25) is 0 Å². The van der Waals surface area contributed by atoms with Crippen LogP contribution in [0.3, 0.4) is 0 Å². The Bertz CT molecular complexity index is 907. The van der Waals surface area contributed by atoms with Crippen molar-refractivity contribution >= 4 is 23.4 Å². The maximum absolute atomic E-state index is 12.1. The molecule has 2 aromatic rings. The molecule has 1 aromatic carbocycles. The standard InChI is InChI=1S/C20H25N5O4/c1-15(20(28)29-2)21-18(26)14-25-19(27)9-8-17(22-25)24-12-10-23(11-13-24)16-6-4-3-5-7-16/h3-9,15H,10-14H2,1-2H3,(H,21,26)/t15-/m1/s1. The van der Waals surface area contributed by atoms with Crippen molar-refractivity contribution < 1.29 is 14.3 Å². The van der Waals surface area contributed by atoms with Gasteiger partial charge in [-0.1, -0.05) is 18.2 Å². The summed E-state index contributed by atoms with van der Waals surface area (Å²) in [4.78, 5) is 40.1. The van der Waals surface area contributed by atoms with Crippen LogP contribution in [0.4, 0.5) is 11.5 Å². The van der Waals surface area contributed by atoms with Crippen LogP contribution in [-0.2, 0) is 20.9 Å². The van der Waals surface area contributed by atoms with Gasteiger partial charge in [-0.15, -0.1) is 0 Å². The molecule has 1 amide bonds. The van der Waals surface area contributed by atoms with Gasteiger partial charge >= 0.3 is 5.97 Å². The smallest absolute Gasteiger partial charge is 0.328 e. The van der Waals surface area contributed by atoms with Crippen LogP contribution in [0.25, 0.3) is 0 Å². The average molecular weight is 399 g/mol. The number of amides is 1. The zero-order valence-electron chi connectivity index (χ0n) is 16.6. The molecule has 1 saturated heterocycles. The second-order valence-corrected chi connectivity index (χ2v) is 6.81. The number of benzene rings is 1. The quantitative estimate of drug-likeness (QED) is 0.696. The molecule has 3 rings (SSSR count). The summed E-state index contributed by atoms with van der Waals surface area (Å²) >= 11 is 0. The summed E-state index contributed by atoms with van der Waals surface area (Å²) in [6, 6.07) is 12.5. The summed E-state index contributed by atoms with van der Waals surface area (Å²) in [7, 11) is 1.25. The van der Waals surface area contributed by atoms with Crippen molar-refractivity contribution in [2.75, 3.05) is 43.1 Å². The largest absolute Gasteiger partial charge is 0.467 e. The number of anilines is 2. The number of hydrogen-bond acceptors (Lipinski definition) is 7. The van der Waals surface area contributed by atoms with Crippen LogP contribution >= 0.6 is 0 Å². The van der Waals surface area contributed by atoms with Crippen molar-refractivity contribution in [1.82, 2.24) is 15.1 Å². The number of rotatable bonds is 6. The van der Waals surface area contributed by atoms with Gasteiger partial charge in [-0.2, -0.15) is 5.10 Å². The lowest BCUT2D eigenvalue weighted by atomic mass is 10.2. The van der Waals surface area contributed by atoms with E-state index in [1.807, 2.05) is 18.2 Å². The maximum Gasteiger partial charge on any atom is 0.328 e. The highest BCUT2D eigenvalue weighted by molar-refractivity contribution is 5.83. The van der Waals surface area contributed by atoms with Crippen molar-refractivity contribution in [3.63, 3.8) is 0 Å². The van der Waals surface area contributed by atoms with Crippen LogP contribution < -0.4 is 20.7 Å². The van der Waals surface area contributed by atoms with Gasteiger partial charge in [0, 0.05) is 37.9 Å². The van der Waals surface area contributed by atoms with Gasteiger partial charge in [0.25, 0.3) is 5.56 Å². The minimum atomic E-state index is -0.794. The van der Waals surface area contributed by atoms with E-state index in [9.17, 15) is 14.4 Å². The molecule has 1 aromatic heterocycles. The van der Waals surface area contributed by atoms with Gasteiger partial charge in [-0.25, -0.2) is 9.48 Å². The predicted molar refractivity (Wildman–Crippen MR) is 109 cm³/mol. The Hall–Kier alpha value is -3.36. The third-order valence-corrected chi connectivity index (χ3v) is 4.80. The highest BCUT2D eigenvalue weighted by Gasteiger charge is 2.20. The lowest BCUT2D eigenvalue weighted by Gasteiger charge is -2.36. The van der Waals surface area contributed by atoms with Crippen LogP contribution in [-0.4, -0.2) is 61.0 Å². The molecule has 1 aliphatic rings. The second kappa shape index (κ2) is 9.22. The Kier molecular flexibility index (Phi) is 6.48. The first-order chi connectivity index (χ1) is 14.0. The van der Waals surface area contributed by atoms with Crippen LogP contribution in [0.1, 0.15) is 6.92 Å². The molecule has 0 radical (unpaired) electrons. The molecule has 9 nitrogen and oxygen atoms in total. The van der Waals surface area contributed by atoms with Gasteiger partial charge in [0.2, 0.25) is 5.91 Å². The van der Waals surface area contributed by atoms with E-state index in [1.54, 1.807) is 6.07 Å². The number of methoxy groups -OCH3 is 1. The fourth-order valence-electron chi connectivity index (χ4n) is 3.21. The number of hydrogen-bond donors (Lipinski definition) is 1. The number of carbonyl (C=O) groups is 2. The van der Waals surface area contributed by atoms with Crippen LogP contribution in [0, 0.1) is 0 Å². The van der Waals surface area contributed by atoms with Gasteiger partial charge in [0.05, 0.1) is 7.11 Å². The van der Waals surface area contributed by atoms with E-state index in [0.29, 0.717) is 5.82 Å². The Balaban J connectivity index is 1.63. The highest BCUT2D eigenvalue weighted by atomic mass is 16.5. The Morgan fingerprint density at radius 1 is 1.07 bits per heavy atom. The molecular weight excluding hydrogens is 374 g/mol. The topological polar surface area (TPSA) is 96.8 Å². The van der Waals surface area contributed by atoms with Gasteiger partial charge in [0.1, 0.15) is 18.4 Å². The van der Waals surface area contributed by atoms with E-state index in [2.05, 4.69) is 37.1 Å². The number of nitrogens with zero attached hydrogens (tertiary/aromatic N) is 4. The predicted octanol–water partition coefficient (Wildman–Crippen LogP) is 0.248. The number of para-hydroxylation sites is 1. The fraction of sp³-hybridized carbons (Fsp3) is 0.400. The Labute approximate surface area is 168 Å². The molecule has 0 saturated carbocycles. The summed E-state index contributed by atoms with van der Waals surface area (Å²) in [6.07, 6.45) is 0. The van der Waals surface area contributed by atoms with Crippen molar-refractivity contribution in [3.05, 3.63) is 52.8 Å². The van der Waals surface area contributed by atoms with E-state index in [0.717, 1.165) is 30.9 Å². The fourth-order valence-corrected chi connectivity index (χ4v) is 3.21. The lowest BCUT2D eigenvalue weighted by Crippen LogP contribution is -2.47. The molecule has 0 spiro atoms. The lowest BCUT2D eigenvalue weighted by molar-refractivity contribution is -0.144. The Morgan fingerprint density at radius 3 is 2.38 bits per heavy atom.